The molecule has 1 rings (SSSR count). The number of amides is 1. The fourth-order valence-electron chi connectivity index (χ4n) is 1.19. The zero-order valence-corrected chi connectivity index (χ0v) is 7.33. The zero-order valence-electron chi connectivity index (χ0n) is 5.82. The molecule has 4 heteroatoms. The Labute approximate surface area is 69.7 Å². The molecule has 1 saturated carbocycles. The van der Waals surface area contributed by atoms with Crippen LogP contribution >= 0.6 is 23.2 Å². The van der Waals surface area contributed by atoms with Crippen molar-refractivity contribution in [3.05, 3.63) is 0 Å². The van der Waals surface area contributed by atoms with Crippen molar-refractivity contribution in [3.8, 4) is 0 Å². The monoisotopic (exact) mass is 181 g/mol. The van der Waals surface area contributed by atoms with Crippen LogP contribution < -0.4 is 5.73 Å². The predicted octanol–water partition coefficient (Wildman–Crippen LogP) is 1.30. The zero-order chi connectivity index (χ0) is 8.15. The van der Waals surface area contributed by atoms with E-state index >= 15 is 0 Å². The maximum atomic E-state index is 10.6. The summed E-state index contributed by atoms with van der Waals surface area (Å²) in [5.74, 6) is -0.821. The quantitative estimate of drug-likeness (QED) is 0.610. The lowest BCUT2D eigenvalue weighted by atomic mass is 10.1. The summed E-state index contributed by atoms with van der Waals surface area (Å²) in [5, 5.41) is 0. The van der Waals surface area contributed by atoms with Gasteiger partial charge in [-0.3, -0.25) is 4.79 Å². The molecule has 2 N–H and O–H groups in total. The molecule has 1 aliphatic carbocycles. The number of alkyl halides is 2. The molecular weight excluding hydrogens is 173 g/mol. The first-order valence-electron chi connectivity index (χ1n) is 2.99. The highest BCUT2D eigenvalue weighted by atomic mass is 35.5. The summed E-state index contributed by atoms with van der Waals surface area (Å²) in [4.78, 5) is 10.6. The number of carbonyl (C=O) groups excluding carboxylic acids is 1. The molecule has 0 aromatic heterocycles. The minimum Gasteiger partial charge on any atom is -0.369 e. The third kappa shape index (κ3) is 0.753. The molecule has 0 aliphatic heterocycles. The van der Waals surface area contributed by atoms with Crippen LogP contribution in [0.5, 0.6) is 0 Å². The molecule has 1 amide bonds. The SMILES string of the molecule is CC1(C)[C@H](C(N)=O)C1(Cl)Cl. The minimum absolute atomic E-state index is 0.359. The fourth-order valence-corrected chi connectivity index (χ4v) is 2.06. The highest BCUT2D eigenvalue weighted by Crippen LogP contribution is 2.68. The summed E-state index contributed by atoms with van der Waals surface area (Å²) in [5.41, 5.74) is 4.68. The van der Waals surface area contributed by atoms with E-state index in [9.17, 15) is 4.79 Å². The molecule has 0 aromatic rings. The van der Waals surface area contributed by atoms with E-state index in [1.165, 1.54) is 0 Å². The van der Waals surface area contributed by atoms with E-state index in [2.05, 4.69) is 0 Å². The van der Waals surface area contributed by atoms with Gasteiger partial charge >= 0.3 is 0 Å². The van der Waals surface area contributed by atoms with E-state index in [4.69, 9.17) is 28.9 Å². The molecule has 1 fully saturated rings. The van der Waals surface area contributed by atoms with E-state index in [0.717, 1.165) is 0 Å². The van der Waals surface area contributed by atoms with Crippen molar-refractivity contribution in [2.45, 2.75) is 18.2 Å². The molecule has 1 aliphatic rings. The molecule has 58 valence electrons. The maximum Gasteiger partial charge on any atom is 0.224 e. The number of hydrogen-bond acceptors (Lipinski definition) is 1. The second-order valence-corrected chi connectivity index (χ2v) is 4.57. The highest BCUT2D eigenvalue weighted by molar-refractivity contribution is 6.53. The van der Waals surface area contributed by atoms with Crippen molar-refractivity contribution < 1.29 is 4.79 Å². The molecule has 10 heavy (non-hydrogen) atoms. The first kappa shape index (κ1) is 8.15. The first-order chi connectivity index (χ1) is 4.32. The van der Waals surface area contributed by atoms with Crippen LogP contribution in [0.3, 0.4) is 0 Å². The third-order valence-corrected chi connectivity index (χ3v) is 3.56. The molecule has 0 saturated heterocycles. The largest absolute Gasteiger partial charge is 0.369 e. The van der Waals surface area contributed by atoms with Crippen LogP contribution in [-0.2, 0) is 4.79 Å². The van der Waals surface area contributed by atoms with Crippen molar-refractivity contribution in [2.75, 3.05) is 0 Å². The Morgan fingerprint density at radius 2 is 1.80 bits per heavy atom. The van der Waals surface area contributed by atoms with Gasteiger partial charge in [-0.1, -0.05) is 13.8 Å². The number of hydrogen-bond donors (Lipinski definition) is 1. The van der Waals surface area contributed by atoms with Crippen LogP contribution in [-0.4, -0.2) is 10.2 Å². The van der Waals surface area contributed by atoms with Gasteiger partial charge in [0.05, 0.1) is 5.92 Å². The average Bonchev–Trinajstić information content (AvgIpc) is 1.97. The Morgan fingerprint density at radius 1 is 1.50 bits per heavy atom. The van der Waals surface area contributed by atoms with Crippen LogP contribution in [0.15, 0.2) is 0 Å². The fraction of sp³-hybridized carbons (Fsp3) is 0.833. The van der Waals surface area contributed by atoms with Crippen LogP contribution in [0.25, 0.3) is 0 Å². The first-order valence-corrected chi connectivity index (χ1v) is 3.74. The Hall–Kier alpha value is 0.0500. The lowest BCUT2D eigenvalue weighted by Gasteiger charge is -1.98. The normalized spacial score (nSPS) is 33.4. The van der Waals surface area contributed by atoms with Crippen molar-refractivity contribution in [1.82, 2.24) is 0 Å². The van der Waals surface area contributed by atoms with Crippen LogP contribution in [0.1, 0.15) is 13.8 Å². The average molecular weight is 182 g/mol. The maximum absolute atomic E-state index is 10.6. The number of halogens is 2. The van der Waals surface area contributed by atoms with E-state index in [1.54, 1.807) is 0 Å². The van der Waals surface area contributed by atoms with Gasteiger partial charge in [-0.15, -0.1) is 23.2 Å². The molecule has 0 unspecified atom stereocenters. The molecule has 2 nitrogen and oxygen atoms in total. The van der Waals surface area contributed by atoms with Gasteiger partial charge in [0.15, 0.2) is 0 Å². The van der Waals surface area contributed by atoms with Crippen molar-refractivity contribution >= 4 is 29.1 Å². The van der Waals surface area contributed by atoms with Gasteiger partial charge in [0.25, 0.3) is 0 Å². The molecule has 1 atom stereocenters. The standard InChI is InChI=1S/C6H9Cl2NO/c1-5(2)3(4(9)10)6(5,7)8/h3H,1-2H3,(H2,9,10)/t3-/m0/s1. The van der Waals surface area contributed by atoms with Gasteiger partial charge in [0.2, 0.25) is 5.91 Å². The summed E-state index contributed by atoms with van der Waals surface area (Å²) >= 11 is 11.5. The summed E-state index contributed by atoms with van der Waals surface area (Å²) < 4.78 is -0.946. The van der Waals surface area contributed by atoms with E-state index in [1.807, 2.05) is 13.8 Å². The van der Waals surface area contributed by atoms with Gasteiger partial charge < -0.3 is 5.73 Å². The van der Waals surface area contributed by atoms with Gasteiger partial charge in [-0.2, -0.15) is 0 Å². The van der Waals surface area contributed by atoms with Crippen molar-refractivity contribution in [2.24, 2.45) is 17.1 Å². The van der Waals surface area contributed by atoms with E-state index in [-0.39, 0.29) is 5.41 Å². The summed E-state index contributed by atoms with van der Waals surface area (Å²) in [6.45, 7) is 3.64. The van der Waals surface area contributed by atoms with Crippen molar-refractivity contribution in [1.29, 1.82) is 0 Å². The second-order valence-electron chi connectivity index (χ2n) is 3.18. The predicted molar refractivity (Wildman–Crippen MR) is 40.9 cm³/mol. The van der Waals surface area contributed by atoms with Crippen LogP contribution in [0.2, 0.25) is 0 Å². The molecule has 0 bridgehead atoms. The van der Waals surface area contributed by atoms with Crippen LogP contribution in [0.4, 0.5) is 0 Å². The number of primary amides is 1. The molecule has 0 radical (unpaired) electrons. The van der Waals surface area contributed by atoms with E-state index < -0.39 is 16.2 Å². The molecule has 0 aromatic carbocycles. The second kappa shape index (κ2) is 1.80. The molecule has 0 heterocycles. The number of nitrogens with two attached hydrogens (primary N) is 1. The summed E-state index contributed by atoms with van der Waals surface area (Å²) in [6, 6.07) is 0. The topological polar surface area (TPSA) is 43.1 Å². The lowest BCUT2D eigenvalue weighted by molar-refractivity contribution is -0.119. The Bertz CT molecular complexity index is 174. The lowest BCUT2D eigenvalue weighted by Crippen LogP contribution is -2.17. The Balaban J connectivity index is 2.81. The Kier molecular flexibility index (Phi) is 1.47. The van der Waals surface area contributed by atoms with Gasteiger partial charge in [0, 0.05) is 5.41 Å². The van der Waals surface area contributed by atoms with Crippen LogP contribution in [0, 0.1) is 11.3 Å². The van der Waals surface area contributed by atoms with Gasteiger partial charge in [-0.25, -0.2) is 0 Å². The number of rotatable bonds is 1. The smallest absolute Gasteiger partial charge is 0.224 e. The molecular formula is C6H9Cl2NO. The summed E-state index contributed by atoms with van der Waals surface area (Å²) in [6.07, 6.45) is 0. The minimum atomic E-state index is -0.946. The van der Waals surface area contributed by atoms with E-state index in [0.29, 0.717) is 0 Å². The number of carbonyl (C=O) groups is 1. The van der Waals surface area contributed by atoms with Gasteiger partial charge in [-0.05, 0) is 0 Å². The Morgan fingerprint density at radius 3 is 1.80 bits per heavy atom. The highest BCUT2D eigenvalue weighted by Gasteiger charge is 2.73. The third-order valence-electron chi connectivity index (χ3n) is 2.14. The summed E-state index contributed by atoms with van der Waals surface area (Å²) in [7, 11) is 0. The van der Waals surface area contributed by atoms with Crippen molar-refractivity contribution in [3.63, 3.8) is 0 Å². The molecule has 0 spiro atoms. The van der Waals surface area contributed by atoms with Gasteiger partial charge in [0.1, 0.15) is 4.33 Å².